The maximum Gasteiger partial charge on any atom is 0.459 e. The van der Waals surface area contributed by atoms with Crippen LogP contribution >= 0.6 is 7.75 Å². The Morgan fingerprint density at radius 3 is 2.37 bits per heavy atom. The molecule has 16 nitrogen and oxygen atoms in total. The molecule has 1 aliphatic heterocycles. The maximum atomic E-state index is 14.4. The molecule has 0 aliphatic carbocycles. The molecule has 0 saturated carbocycles. The van der Waals surface area contributed by atoms with Crippen molar-refractivity contribution in [1.29, 1.82) is 0 Å². The largest absolute Gasteiger partial charge is 0.462 e. The van der Waals surface area contributed by atoms with Crippen LogP contribution in [-0.4, -0.2) is 83.8 Å². The van der Waals surface area contributed by atoms with Crippen LogP contribution in [0.3, 0.4) is 0 Å². The molecule has 3 heterocycles. The topological polar surface area (TPSA) is 201 Å². The summed E-state index contributed by atoms with van der Waals surface area (Å²) < 4.78 is 55.6. The Morgan fingerprint density at radius 2 is 1.76 bits per heavy atom. The lowest BCUT2D eigenvalue weighted by Gasteiger charge is -2.30. The summed E-state index contributed by atoms with van der Waals surface area (Å²) in [6.45, 7) is 11.2. The number of fused-ring (bicyclic) bond motifs is 1. The first kappa shape index (κ1) is 37.7. The first-order chi connectivity index (χ1) is 23.0. The van der Waals surface area contributed by atoms with Gasteiger partial charge in [-0.25, -0.2) is 14.1 Å². The lowest BCUT2D eigenvalue weighted by atomic mass is 9.87. The van der Waals surface area contributed by atoms with E-state index in [1.807, 2.05) is 32.9 Å². The Morgan fingerprint density at radius 1 is 1.08 bits per heavy atom. The van der Waals surface area contributed by atoms with E-state index in [9.17, 15) is 18.9 Å². The normalized spacial score (nSPS) is 22.7. The lowest BCUT2D eigenvalue weighted by Crippen LogP contribution is -2.45. The molecule has 1 aliphatic rings. The van der Waals surface area contributed by atoms with Crippen LogP contribution in [0.4, 0.5) is 5.82 Å². The number of nitrogens with zero attached hydrogens (tertiary/aromatic N) is 3. The molecule has 3 aromatic rings. The number of aromatic nitrogens is 3. The van der Waals surface area contributed by atoms with Gasteiger partial charge in [0.05, 0.1) is 18.9 Å². The minimum Gasteiger partial charge on any atom is -0.462 e. The molecule has 268 valence electrons. The lowest BCUT2D eigenvalue weighted by molar-refractivity contribution is -0.168. The van der Waals surface area contributed by atoms with Crippen molar-refractivity contribution in [1.82, 2.24) is 19.7 Å². The number of hydrogen-bond donors (Lipinski definition) is 2. The summed E-state index contributed by atoms with van der Waals surface area (Å²) >= 11 is 0. The van der Waals surface area contributed by atoms with Crippen LogP contribution in [0.25, 0.3) is 5.52 Å². The predicted octanol–water partition coefficient (Wildman–Crippen LogP) is 3.46. The molecule has 4 rings (SSSR count). The van der Waals surface area contributed by atoms with E-state index in [0.717, 1.165) is 5.56 Å². The minimum atomic E-state index is -4.41. The second kappa shape index (κ2) is 15.2. The number of nitrogens with one attached hydrogen (secondary N) is 1. The zero-order valence-electron chi connectivity index (χ0n) is 28.8. The van der Waals surface area contributed by atoms with E-state index in [4.69, 9.17) is 38.5 Å². The van der Waals surface area contributed by atoms with E-state index in [-0.39, 0.29) is 30.2 Å². The van der Waals surface area contributed by atoms with Crippen LogP contribution in [-0.2, 0) is 58.2 Å². The molecule has 0 amide bonds. The van der Waals surface area contributed by atoms with Gasteiger partial charge in [-0.15, -0.1) is 0 Å². The van der Waals surface area contributed by atoms with Crippen molar-refractivity contribution in [2.45, 2.75) is 83.8 Å². The van der Waals surface area contributed by atoms with Crippen LogP contribution in [0.15, 0.2) is 42.7 Å². The number of esters is 3. The van der Waals surface area contributed by atoms with Crippen molar-refractivity contribution in [3.05, 3.63) is 54.0 Å². The summed E-state index contributed by atoms with van der Waals surface area (Å²) in [6.07, 6.45) is -2.38. The average molecular weight is 706 g/mol. The summed E-state index contributed by atoms with van der Waals surface area (Å²) in [7, 11) is -2.94. The van der Waals surface area contributed by atoms with E-state index < -0.39 is 62.2 Å². The van der Waals surface area contributed by atoms with Crippen LogP contribution in [0.1, 0.15) is 59.7 Å². The number of methoxy groups -OCH3 is 1. The van der Waals surface area contributed by atoms with Gasteiger partial charge in [-0.3, -0.25) is 18.9 Å². The van der Waals surface area contributed by atoms with Gasteiger partial charge in [0, 0.05) is 21.0 Å². The third-order valence-corrected chi connectivity index (χ3v) is 9.42. The molecule has 1 saturated heterocycles. The predicted molar refractivity (Wildman–Crippen MR) is 175 cm³/mol. The Bertz CT molecular complexity index is 1690. The highest BCUT2D eigenvalue weighted by atomic mass is 31.2. The van der Waals surface area contributed by atoms with E-state index in [0.29, 0.717) is 11.2 Å². The highest BCUT2D eigenvalue weighted by Crippen LogP contribution is 2.48. The molecule has 3 N–H and O–H groups in total. The van der Waals surface area contributed by atoms with E-state index in [1.165, 1.54) is 38.7 Å². The van der Waals surface area contributed by atoms with Crippen molar-refractivity contribution in [3.8, 4) is 5.75 Å². The molecular formula is C32H44N5O11P. The number of carbonyl (C=O) groups is 3. The Kier molecular flexibility index (Phi) is 11.7. The van der Waals surface area contributed by atoms with E-state index in [2.05, 4.69) is 15.2 Å². The Hall–Kier alpha value is -4.08. The number of ether oxygens (including phenoxy) is 5. The fourth-order valence-corrected chi connectivity index (χ4v) is 6.87. The summed E-state index contributed by atoms with van der Waals surface area (Å²) in [5, 5.41) is 6.91. The molecule has 1 aromatic carbocycles. The SMILES string of the molecule is COCCOC(=O)[C@H](C)NP(=O)(OC[C@H]1O[C@@](C)(c2ccc3c(N)ncnn23)[C@H](OC(C)=O)[C@@H]1OC(C)=O)Oc1ccc(C(C)(C)C)cc1. The van der Waals surface area contributed by atoms with Crippen LogP contribution in [0, 0.1) is 0 Å². The molecule has 1 fully saturated rings. The van der Waals surface area contributed by atoms with Crippen molar-refractivity contribution >= 4 is 37.0 Å². The average Bonchev–Trinajstić information content (AvgIpc) is 3.56. The summed E-state index contributed by atoms with van der Waals surface area (Å²) in [4.78, 5) is 41.4. The first-order valence-corrected chi connectivity index (χ1v) is 17.1. The maximum absolute atomic E-state index is 14.4. The quantitative estimate of drug-likeness (QED) is 0.107. The number of nitrogens with two attached hydrogens (primary N) is 1. The Labute approximate surface area is 284 Å². The van der Waals surface area contributed by atoms with E-state index >= 15 is 0 Å². The molecule has 0 spiro atoms. The number of carbonyl (C=O) groups excluding carboxylic acids is 3. The van der Waals surface area contributed by atoms with Crippen molar-refractivity contribution in [2.75, 3.05) is 32.7 Å². The summed E-state index contributed by atoms with van der Waals surface area (Å²) in [5.74, 6) is -1.73. The summed E-state index contributed by atoms with van der Waals surface area (Å²) in [5.41, 5.74) is 6.26. The van der Waals surface area contributed by atoms with Crippen molar-refractivity contribution < 1.29 is 51.7 Å². The number of anilines is 1. The van der Waals surface area contributed by atoms with Gasteiger partial charge in [0.2, 0.25) is 0 Å². The third-order valence-electron chi connectivity index (χ3n) is 7.78. The molecule has 2 aromatic heterocycles. The molecule has 0 radical (unpaired) electrons. The van der Waals surface area contributed by atoms with Gasteiger partial charge in [0.1, 0.15) is 41.9 Å². The second-order valence-corrected chi connectivity index (χ2v) is 14.4. The van der Waals surface area contributed by atoms with Crippen molar-refractivity contribution in [3.63, 3.8) is 0 Å². The van der Waals surface area contributed by atoms with Gasteiger partial charge in [-0.2, -0.15) is 10.2 Å². The van der Waals surface area contributed by atoms with Gasteiger partial charge in [0.25, 0.3) is 0 Å². The van der Waals surface area contributed by atoms with Gasteiger partial charge in [-0.05, 0) is 49.1 Å². The standard InChI is InChI=1S/C32H44N5O11P/c1-19(30(40)43-16-15-42-8)36-49(41,48-23-11-9-22(10-12-23)31(4,5)6)44-17-25-27(45-20(2)38)28(46-21(3)39)32(7,47-25)26-14-13-24-29(33)34-18-35-37(24)26/h9-14,18-19,25,27-28H,15-17H2,1-8H3,(H,36,41)(H2,33,34,35)/t19-,25+,27+,28+,32-,49?/m0/s1. The van der Waals surface area contributed by atoms with Gasteiger partial charge in [-0.1, -0.05) is 32.9 Å². The fraction of sp³-hybridized carbons (Fsp3) is 0.531. The number of hydrogen-bond acceptors (Lipinski definition) is 14. The second-order valence-electron chi connectivity index (χ2n) is 12.7. The molecule has 6 atom stereocenters. The molecular weight excluding hydrogens is 661 g/mol. The monoisotopic (exact) mass is 705 g/mol. The first-order valence-electron chi connectivity index (χ1n) is 15.6. The third kappa shape index (κ3) is 8.94. The molecule has 0 bridgehead atoms. The highest BCUT2D eigenvalue weighted by molar-refractivity contribution is 7.52. The minimum absolute atomic E-state index is 0.0251. The van der Waals surface area contributed by atoms with Crippen LogP contribution in [0.5, 0.6) is 5.75 Å². The van der Waals surface area contributed by atoms with Gasteiger partial charge < -0.3 is 33.9 Å². The number of rotatable bonds is 14. The Balaban J connectivity index is 1.68. The highest BCUT2D eigenvalue weighted by Gasteiger charge is 2.59. The zero-order chi connectivity index (χ0) is 36.1. The van der Waals surface area contributed by atoms with Crippen molar-refractivity contribution in [2.24, 2.45) is 0 Å². The molecule has 17 heteroatoms. The van der Waals surface area contributed by atoms with Gasteiger partial charge >= 0.3 is 25.7 Å². The fourth-order valence-electron chi connectivity index (χ4n) is 5.36. The summed E-state index contributed by atoms with van der Waals surface area (Å²) in [6, 6.07) is 9.09. The van der Waals surface area contributed by atoms with Crippen LogP contribution < -0.4 is 15.3 Å². The number of benzene rings is 1. The number of nitrogen functional groups attached to an aromatic ring is 1. The van der Waals surface area contributed by atoms with Gasteiger partial charge in [0.15, 0.2) is 18.0 Å². The van der Waals surface area contributed by atoms with Crippen LogP contribution in [0.2, 0.25) is 0 Å². The zero-order valence-corrected chi connectivity index (χ0v) is 29.7. The van der Waals surface area contributed by atoms with E-state index in [1.54, 1.807) is 31.2 Å². The smallest absolute Gasteiger partial charge is 0.459 e. The molecule has 1 unspecified atom stereocenters. The molecule has 49 heavy (non-hydrogen) atoms.